The molecular weight excluding hydrogens is 432 g/mol. The maximum atomic E-state index is 12.9. The zero-order chi connectivity index (χ0) is 23.9. The number of fused-ring (bicyclic) bond motifs is 1. The molecule has 0 spiro atoms. The number of rotatable bonds is 7. The molecule has 34 heavy (non-hydrogen) atoms. The zero-order valence-corrected chi connectivity index (χ0v) is 19.4. The molecule has 8 nitrogen and oxygen atoms in total. The summed E-state index contributed by atoms with van der Waals surface area (Å²) in [6.07, 6.45) is 5.95. The normalized spacial score (nSPS) is 24.4. The lowest BCUT2D eigenvalue weighted by Crippen LogP contribution is -2.61. The molecule has 0 radical (unpaired) electrons. The fourth-order valence-corrected chi connectivity index (χ4v) is 5.03. The highest BCUT2D eigenvalue weighted by atomic mass is 16.5. The number of aryl methyl sites for hydroxylation is 1. The van der Waals surface area contributed by atoms with Crippen molar-refractivity contribution in [1.29, 1.82) is 0 Å². The van der Waals surface area contributed by atoms with Gasteiger partial charge in [0.05, 0.1) is 16.7 Å². The first kappa shape index (κ1) is 22.1. The summed E-state index contributed by atoms with van der Waals surface area (Å²) < 4.78 is 6.13. The molecule has 0 saturated carbocycles. The number of likely N-dealkylation sites (tertiary alicyclic amines) is 1. The Labute approximate surface area is 198 Å². The van der Waals surface area contributed by atoms with E-state index in [1.54, 1.807) is 4.90 Å². The van der Waals surface area contributed by atoms with Gasteiger partial charge in [0.15, 0.2) is 0 Å². The number of hydrogen-bond donors (Lipinski definition) is 2. The maximum absolute atomic E-state index is 12.9. The zero-order valence-electron chi connectivity index (χ0n) is 19.4. The second kappa shape index (κ2) is 8.59. The number of benzene rings is 1. The van der Waals surface area contributed by atoms with Gasteiger partial charge < -0.3 is 15.0 Å². The molecule has 176 valence electrons. The number of β-lactam (4-membered cyclic amide) rings is 1. The van der Waals surface area contributed by atoms with E-state index in [9.17, 15) is 14.4 Å². The Morgan fingerprint density at radius 2 is 2.00 bits per heavy atom. The van der Waals surface area contributed by atoms with Crippen LogP contribution in [0.2, 0.25) is 0 Å². The number of pyridine rings is 1. The number of ether oxygens (including phenoxy) is 1. The van der Waals surface area contributed by atoms with Crippen molar-refractivity contribution in [2.24, 2.45) is 5.41 Å². The number of allylic oxidation sites excluding steroid dienone is 3. The Morgan fingerprint density at radius 1 is 1.18 bits per heavy atom. The van der Waals surface area contributed by atoms with Crippen LogP contribution in [0.15, 0.2) is 53.8 Å². The predicted octanol–water partition coefficient (Wildman–Crippen LogP) is 3.11. The minimum atomic E-state index is -0.565. The van der Waals surface area contributed by atoms with E-state index in [-0.39, 0.29) is 11.8 Å². The molecule has 4 amide bonds. The quantitative estimate of drug-likeness (QED) is 0.489. The predicted molar refractivity (Wildman–Crippen MR) is 126 cm³/mol. The molecule has 5 rings (SSSR count). The minimum absolute atomic E-state index is 0.0694. The molecular formula is C26H28N4O4. The first-order chi connectivity index (χ1) is 16.3. The van der Waals surface area contributed by atoms with Gasteiger partial charge in [-0.05, 0) is 44.9 Å². The molecule has 1 aromatic heterocycles. The molecule has 1 aliphatic carbocycles. The highest BCUT2D eigenvalue weighted by Gasteiger charge is 2.50. The molecule has 8 heteroatoms. The molecule has 2 aromatic rings. The number of carbonyl (C=O) groups is 3. The van der Waals surface area contributed by atoms with Crippen LogP contribution in [0, 0.1) is 12.3 Å². The highest BCUT2D eigenvalue weighted by Crippen LogP contribution is 2.43. The van der Waals surface area contributed by atoms with Crippen molar-refractivity contribution in [1.82, 2.24) is 20.5 Å². The van der Waals surface area contributed by atoms with Crippen molar-refractivity contribution in [3.05, 3.63) is 65.1 Å². The third-order valence-corrected chi connectivity index (χ3v) is 6.98. The second-order valence-electron chi connectivity index (χ2n) is 9.42. The topological polar surface area (TPSA) is 101 Å². The van der Waals surface area contributed by atoms with Crippen LogP contribution >= 0.6 is 0 Å². The summed E-state index contributed by atoms with van der Waals surface area (Å²) in [6.45, 7) is 5.51. The van der Waals surface area contributed by atoms with Crippen molar-refractivity contribution >= 4 is 28.7 Å². The maximum Gasteiger partial charge on any atom is 0.322 e. The summed E-state index contributed by atoms with van der Waals surface area (Å²) in [6, 6.07) is 9.10. The summed E-state index contributed by atoms with van der Waals surface area (Å²) in [4.78, 5) is 42.2. The summed E-state index contributed by atoms with van der Waals surface area (Å²) >= 11 is 0. The Kier molecular flexibility index (Phi) is 5.59. The van der Waals surface area contributed by atoms with E-state index in [1.165, 1.54) is 0 Å². The van der Waals surface area contributed by atoms with Crippen LogP contribution in [0.4, 0.5) is 4.79 Å². The molecule has 2 aliphatic heterocycles. The minimum Gasteiger partial charge on any atom is -0.493 e. The van der Waals surface area contributed by atoms with E-state index in [0.717, 1.165) is 46.3 Å². The SMILES string of the molecule is Cc1cc(COC2=CC=C(C3(C)CN(CCC4NC(=O)NC4=O)C3=O)CC2)c2ccccc2n1. The number of aromatic nitrogens is 1. The van der Waals surface area contributed by atoms with Crippen LogP contribution in [-0.2, 0) is 20.9 Å². The van der Waals surface area contributed by atoms with Crippen molar-refractivity contribution < 1.29 is 19.1 Å². The van der Waals surface area contributed by atoms with Gasteiger partial charge in [0.25, 0.3) is 5.91 Å². The fourth-order valence-electron chi connectivity index (χ4n) is 5.03. The van der Waals surface area contributed by atoms with Gasteiger partial charge in [-0.15, -0.1) is 0 Å². The van der Waals surface area contributed by atoms with Crippen LogP contribution < -0.4 is 10.6 Å². The standard InChI is InChI=1S/C26H28N4O4/c1-16-13-17(20-5-3-4-6-21(20)27-16)14-34-19-9-7-18(8-10-19)26(2)15-30(24(26)32)12-11-22-23(31)29-25(33)28-22/h3-7,9,13,22H,8,10-12,14-15H2,1-2H3,(H2,28,29,31,33). The number of carbonyl (C=O) groups excluding carboxylic acids is 3. The lowest BCUT2D eigenvalue weighted by Gasteiger charge is -2.49. The molecule has 2 fully saturated rings. The third-order valence-electron chi connectivity index (χ3n) is 6.98. The van der Waals surface area contributed by atoms with Crippen LogP contribution in [-0.4, -0.2) is 46.9 Å². The molecule has 1 aromatic carbocycles. The van der Waals surface area contributed by atoms with E-state index >= 15 is 0 Å². The Morgan fingerprint density at radius 3 is 2.71 bits per heavy atom. The van der Waals surface area contributed by atoms with Gasteiger partial charge in [0, 0.05) is 36.2 Å². The summed E-state index contributed by atoms with van der Waals surface area (Å²) in [5.74, 6) is 0.654. The molecule has 3 aliphatic rings. The molecule has 2 atom stereocenters. The molecule has 2 saturated heterocycles. The van der Waals surface area contributed by atoms with Crippen molar-refractivity contribution in [3.63, 3.8) is 0 Å². The fraction of sp³-hybridized carbons (Fsp3) is 0.385. The highest BCUT2D eigenvalue weighted by molar-refractivity contribution is 6.04. The number of nitrogens with zero attached hydrogens (tertiary/aromatic N) is 2. The Balaban J connectivity index is 1.18. The average Bonchev–Trinajstić information content (AvgIpc) is 3.16. The van der Waals surface area contributed by atoms with Crippen LogP contribution in [0.5, 0.6) is 0 Å². The number of para-hydroxylation sites is 1. The van der Waals surface area contributed by atoms with Gasteiger partial charge in [-0.2, -0.15) is 0 Å². The smallest absolute Gasteiger partial charge is 0.322 e. The van der Waals surface area contributed by atoms with Crippen molar-refractivity contribution in [3.8, 4) is 0 Å². The van der Waals surface area contributed by atoms with E-state index < -0.39 is 17.5 Å². The molecule has 2 unspecified atom stereocenters. The van der Waals surface area contributed by atoms with Crippen molar-refractivity contribution in [2.45, 2.75) is 45.8 Å². The monoisotopic (exact) mass is 460 g/mol. The molecule has 3 heterocycles. The van der Waals surface area contributed by atoms with Crippen LogP contribution in [0.3, 0.4) is 0 Å². The second-order valence-corrected chi connectivity index (χ2v) is 9.42. The van der Waals surface area contributed by atoms with E-state index in [4.69, 9.17) is 4.74 Å². The largest absolute Gasteiger partial charge is 0.493 e. The molecule has 2 N–H and O–H groups in total. The van der Waals surface area contributed by atoms with Crippen molar-refractivity contribution in [2.75, 3.05) is 13.1 Å². The Bertz CT molecular complexity index is 1250. The van der Waals surface area contributed by atoms with Gasteiger partial charge in [-0.3, -0.25) is 19.9 Å². The van der Waals surface area contributed by atoms with Gasteiger partial charge in [0.2, 0.25) is 5.91 Å². The number of urea groups is 1. The number of amides is 4. The number of imide groups is 1. The van der Waals surface area contributed by atoms with Crippen LogP contribution in [0.1, 0.15) is 37.4 Å². The molecule has 0 bridgehead atoms. The van der Waals surface area contributed by atoms with Gasteiger partial charge in [-0.25, -0.2) is 4.79 Å². The number of nitrogens with one attached hydrogen (secondary N) is 2. The summed E-state index contributed by atoms with van der Waals surface area (Å²) in [7, 11) is 0. The van der Waals surface area contributed by atoms with Gasteiger partial charge >= 0.3 is 6.03 Å². The third kappa shape index (κ3) is 4.04. The van der Waals surface area contributed by atoms with E-state index in [2.05, 4.69) is 27.8 Å². The Hall–Kier alpha value is -3.68. The van der Waals surface area contributed by atoms with Gasteiger partial charge in [-0.1, -0.05) is 29.8 Å². The first-order valence-corrected chi connectivity index (χ1v) is 11.6. The van der Waals surface area contributed by atoms with E-state index in [1.807, 2.05) is 44.2 Å². The van der Waals surface area contributed by atoms with Gasteiger partial charge in [0.1, 0.15) is 12.6 Å². The lowest BCUT2D eigenvalue weighted by molar-refractivity contribution is -0.155. The summed E-state index contributed by atoms with van der Waals surface area (Å²) in [5.41, 5.74) is 3.65. The first-order valence-electron chi connectivity index (χ1n) is 11.6. The average molecular weight is 461 g/mol. The number of hydrogen-bond acceptors (Lipinski definition) is 5. The lowest BCUT2D eigenvalue weighted by atomic mass is 9.71. The van der Waals surface area contributed by atoms with E-state index in [0.29, 0.717) is 26.1 Å². The summed E-state index contributed by atoms with van der Waals surface area (Å²) in [5, 5.41) is 5.89. The van der Waals surface area contributed by atoms with Crippen LogP contribution in [0.25, 0.3) is 10.9 Å².